The van der Waals surface area contributed by atoms with Crippen molar-refractivity contribution in [3.05, 3.63) is 22.6 Å². The second kappa shape index (κ2) is 13.9. The molecule has 0 aromatic heterocycles. The van der Waals surface area contributed by atoms with E-state index < -0.39 is 53.8 Å². The van der Waals surface area contributed by atoms with Crippen molar-refractivity contribution >= 4 is 52.4 Å². The Kier molecular flexibility index (Phi) is 11.2. The second-order valence-electron chi connectivity index (χ2n) is 9.04. The number of guanidine groups is 1. The number of nitrogens with two attached hydrogens (primary N) is 2. The Hall–Kier alpha value is -3.76. The number of aliphatic hydroxyl groups excluding tert-OH is 1. The van der Waals surface area contributed by atoms with Crippen molar-refractivity contribution in [2.24, 2.45) is 16.6 Å². The average molecular weight is 567 g/mol. The number of carbonyl (C=O) groups excluding carboxylic acids is 4. The number of aliphatic hydroxyl groups is 1. The fourth-order valence-electron chi connectivity index (χ4n) is 3.67. The van der Waals surface area contributed by atoms with E-state index in [2.05, 4.69) is 15.6 Å². The molecule has 0 radical (unpaired) electrons. The average Bonchev–Trinajstić information content (AvgIpc) is 3.53. The predicted octanol–water partition coefficient (Wildman–Crippen LogP) is -1.61. The van der Waals surface area contributed by atoms with Crippen molar-refractivity contribution in [3.8, 4) is 0 Å². The van der Waals surface area contributed by atoms with Crippen LogP contribution in [-0.2, 0) is 24.0 Å². The molecular weight excluding hydrogens is 532 g/mol. The van der Waals surface area contributed by atoms with Gasteiger partial charge >= 0.3 is 5.97 Å². The Morgan fingerprint density at radius 1 is 1.21 bits per heavy atom. The first-order valence-corrected chi connectivity index (χ1v) is 12.8. The Labute approximate surface area is 229 Å². The highest BCUT2D eigenvalue weighted by Crippen LogP contribution is 2.32. The van der Waals surface area contributed by atoms with Crippen molar-refractivity contribution in [2.75, 3.05) is 13.1 Å². The number of aliphatic carboxylic acids is 1. The van der Waals surface area contributed by atoms with Gasteiger partial charge in [-0.2, -0.15) is 0 Å². The Balaban J connectivity index is 1.88. The van der Waals surface area contributed by atoms with Crippen LogP contribution >= 0.6 is 11.8 Å². The summed E-state index contributed by atoms with van der Waals surface area (Å²) in [5.74, 6) is 1.67. The molecule has 16 heteroatoms. The molecule has 214 valence electrons. The Morgan fingerprint density at radius 3 is 2.44 bits per heavy atom. The van der Waals surface area contributed by atoms with Crippen LogP contribution in [0.5, 0.6) is 0 Å². The fourth-order valence-corrected chi connectivity index (χ4v) is 4.70. The molecule has 9 N–H and O–H groups in total. The van der Waals surface area contributed by atoms with Gasteiger partial charge in [0.15, 0.2) is 12.0 Å². The summed E-state index contributed by atoms with van der Waals surface area (Å²) in [6.45, 7) is 4.86. The van der Waals surface area contributed by atoms with Gasteiger partial charge in [-0.05, 0) is 20.3 Å². The Bertz CT molecular complexity index is 1120. The molecule has 0 saturated heterocycles. The van der Waals surface area contributed by atoms with Crippen molar-refractivity contribution in [3.63, 3.8) is 0 Å². The number of aliphatic imine (C=N–C) groups is 1. The molecule has 2 heterocycles. The van der Waals surface area contributed by atoms with Gasteiger partial charge in [0.1, 0.15) is 18.2 Å². The van der Waals surface area contributed by atoms with Gasteiger partial charge in [-0.15, -0.1) is 0 Å². The molecule has 0 bridgehead atoms. The minimum Gasteiger partial charge on any atom is -0.480 e. The zero-order chi connectivity index (χ0) is 29.4. The van der Waals surface area contributed by atoms with Gasteiger partial charge in [-0.1, -0.05) is 29.5 Å². The third-order valence-corrected chi connectivity index (χ3v) is 7.14. The maximum Gasteiger partial charge on any atom is 0.329 e. The van der Waals surface area contributed by atoms with Crippen LogP contribution in [0.25, 0.3) is 0 Å². The number of nitrogens with one attached hydrogen (secondary N) is 3. The summed E-state index contributed by atoms with van der Waals surface area (Å²) < 4.78 is 0. The number of carboxylic acids is 1. The standard InChI is InChI=1S/C23H34N8O7S/c1-11(20(35)29-18(22(37)38)19(34)15-5-6-16(39-15)28-13(3)32)27-21(36)12(2)31(26)17(33)7-4-14-8-9-30(10-14)23(24)25/h5,8,11-12,18-19,34H,4,6-7,9-10,26H2,1-3H3,(H3,24,25)(H,27,36)(H,29,35)(H,37,38). The van der Waals surface area contributed by atoms with E-state index in [0.29, 0.717) is 24.6 Å². The third-order valence-electron chi connectivity index (χ3n) is 6.00. The summed E-state index contributed by atoms with van der Waals surface area (Å²) in [5, 5.41) is 33.3. The zero-order valence-electron chi connectivity index (χ0n) is 21.8. The first-order chi connectivity index (χ1) is 18.2. The molecule has 4 atom stereocenters. The third kappa shape index (κ3) is 8.90. The fraction of sp³-hybridized carbons (Fsp3) is 0.522. The van der Waals surface area contributed by atoms with Crippen molar-refractivity contribution in [2.45, 2.75) is 64.3 Å². The summed E-state index contributed by atoms with van der Waals surface area (Å²) in [5.41, 5.74) is 6.37. The number of nitrogens with zero attached hydrogens (tertiary/aromatic N) is 3. The quantitative estimate of drug-likeness (QED) is 0.0374. The molecule has 39 heavy (non-hydrogen) atoms. The van der Waals surface area contributed by atoms with Crippen LogP contribution in [0.2, 0.25) is 0 Å². The van der Waals surface area contributed by atoms with Crippen LogP contribution in [0.3, 0.4) is 0 Å². The minimum absolute atomic E-state index is 0.0205. The van der Waals surface area contributed by atoms with E-state index in [0.717, 1.165) is 22.3 Å². The summed E-state index contributed by atoms with van der Waals surface area (Å²) in [6, 6.07) is -4.10. The molecule has 0 aliphatic carbocycles. The highest BCUT2D eigenvalue weighted by molar-refractivity contribution is 8.17. The van der Waals surface area contributed by atoms with Crippen LogP contribution in [0, 0.1) is 5.41 Å². The summed E-state index contributed by atoms with van der Waals surface area (Å²) in [6.07, 6.45) is 2.40. The van der Waals surface area contributed by atoms with Crippen LogP contribution in [0.4, 0.5) is 0 Å². The van der Waals surface area contributed by atoms with Gasteiger partial charge in [-0.3, -0.25) is 29.6 Å². The Morgan fingerprint density at radius 2 is 1.87 bits per heavy atom. The molecule has 4 unspecified atom stereocenters. The lowest BCUT2D eigenvalue weighted by atomic mass is 10.1. The van der Waals surface area contributed by atoms with Crippen molar-refractivity contribution in [1.82, 2.24) is 20.5 Å². The largest absolute Gasteiger partial charge is 0.480 e. The van der Waals surface area contributed by atoms with Crippen LogP contribution in [0.15, 0.2) is 27.6 Å². The number of thioether (sulfide) groups is 1. The molecule has 0 aromatic carbocycles. The van der Waals surface area contributed by atoms with E-state index in [1.807, 2.05) is 6.08 Å². The van der Waals surface area contributed by atoms with Crippen molar-refractivity contribution in [1.29, 1.82) is 5.41 Å². The summed E-state index contributed by atoms with van der Waals surface area (Å²) in [4.78, 5) is 66.3. The normalized spacial score (nSPS) is 18.9. The van der Waals surface area contributed by atoms with Gasteiger partial charge in [0.2, 0.25) is 23.6 Å². The molecule has 0 spiro atoms. The highest BCUT2D eigenvalue weighted by atomic mass is 32.2. The number of hydrogen-bond donors (Lipinski definition) is 7. The number of rotatable bonds is 11. The van der Waals surface area contributed by atoms with Crippen LogP contribution in [0.1, 0.15) is 40.0 Å². The van der Waals surface area contributed by atoms with Gasteiger partial charge in [0.25, 0.3) is 0 Å². The van der Waals surface area contributed by atoms with Gasteiger partial charge in [-0.25, -0.2) is 15.6 Å². The number of carbonyl (C=O) groups is 5. The summed E-state index contributed by atoms with van der Waals surface area (Å²) in [7, 11) is 0. The van der Waals surface area contributed by atoms with E-state index in [-0.39, 0.29) is 23.7 Å². The van der Waals surface area contributed by atoms with Gasteiger partial charge in [0, 0.05) is 37.8 Å². The first-order valence-electron chi connectivity index (χ1n) is 12.0. The summed E-state index contributed by atoms with van der Waals surface area (Å²) >= 11 is 0.946. The van der Waals surface area contributed by atoms with E-state index in [4.69, 9.17) is 17.0 Å². The molecule has 2 aliphatic rings. The van der Waals surface area contributed by atoms with E-state index >= 15 is 0 Å². The van der Waals surface area contributed by atoms with Crippen LogP contribution in [-0.4, -0.2) is 98.0 Å². The van der Waals surface area contributed by atoms with Gasteiger partial charge < -0.3 is 31.5 Å². The minimum atomic E-state index is -1.74. The molecule has 2 rings (SSSR count). The highest BCUT2D eigenvalue weighted by Gasteiger charge is 2.35. The lowest BCUT2D eigenvalue weighted by Crippen LogP contribution is -2.58. The number of hydrazine groups is 1. The number of carboxylic acid groups (broad SMARTS) is 1. The van der Waals surface area contributed by atoms with E-state index in [1.165, 1.54) is 26.8 Å². The predicted molar refractivity (Wildman–Crippen MR) is 143 cm³/mol. The molecule has 15 nitrogen and oxygen atoms in total. The van der Waals surface area contributed by atoms with Crippen LogP contribution < -0.4 is 22.2 Å². The molecular formula is C23H34N8O7S. The van der Waals surface area contributed by atoms with Gasteiger partial charge in [0.05, 0.1) is 5.04 Å². The zero-order valence-corrected chi connectivity index (χ0v) is 22.7. The molecule has 2 aliphatic heterocycles. The topological polar surface area (TPSA) is 245 Å². The second-order valence-corrected chi connectivity index (χ2v) is 10.2. The first kappa shape index (κ1) is 31.5. The SMILES string of the molecule is CC(=O)N=C1CC=C(C(O)C(NC(=O)C(C)NC(=O)C(C)N(N)C(=O)CCC2=CCN(C(=N)N)C2)C(=O)O)S1. The number of hydrogen-bond acceptors (Lipinski definition) is 9. The van der Waals surface area contributed by atoms with E-state index in [1.54, 1.807) is 4.90 Å². The smallest absolute Gasteiger partial charge is 0.329 e. The molecule has 0 aromatic rings. The van der Waals surface area contributed by atoms with E-state index in [9.17, 15) is 34.2 Å². The molecule has 0 fully saturated rings. The number of amides is 4. The van der Waals surface area contributed by atoms with Crippen molar-refractivity contribution < 1.29 is 34.2 Å². The molecule has 4 amide bonds. The maximum atomic E-state index is 12.6. The lowest BCUT2D eigenvalue weighted by molar-refractivity contribution is -0.145. The lowest BCUT2D eigenvalue weighted by Gasteiger charge is -2.26. The monoisotopic (exact) mass is 566 g/mol. The maximum absolute atomic E-state index is 12.6. The number of allylic oxidation sites excluding steroid dienone is 1. The molecule has 0 saturated carbocycles.